The van der Waals surface area contributed by atoms with Crippen LogP contribution in [0.4, 0.5) is 4.79 Å². The van der Waals surface area contributed by atoms with Crippen molar-refractivity contribution in [3.05, 3.63) is 51.6 Å². The Hall–Kier alpha value is -2.58. The van der Waals surface area contributed by atoms with Gasteiger partial charge in [0.05, 0.1) is 12.1 Å². The molecule has 1 aromatic carbocycles. The Morgan fingerprint density at radius 3 is 2.74 bits per heavy atom. The van der Waals surface area contributed by atoms with Gasteiger partial charge in [-0.25, -0.2) is 9.78 Å². The van der Waals surface area contributed by atoms with Crippen molar-refractivity contribution in [2.24, 2.45) is 0 Å². The summed E-state index contributed by atoms with van der Waals surface area (Å²) in [5.41, 5.74) is 1.48. The molecule has 3 heterocycles. The summed E-state index contributed by atoms with van der Waals surface area (Å²) in [5.74, 6) is -0.0497. The SMILES string of the molecule is O=C(NCc1nccs1)N1CCN(C(=O)c2c[nH]c3ccc(Cl)cc23)CC1. The molecule has 0 atom stereocenters. The molecule has 4 rings (SSSR count). The van der Waals surface area contributed by atoms with Crippen molar-refractivity contribution in [1.82, 2.24) is 25.1 Å². The Morgan fingerprint density at radius 2 is 2.00 bits per heavy atom. The summed E-state index contributed by atoms with van der Waals surface area (Å²) in [6, 6.07) is 5.32. The van der Waals surface area contributed by atoms with Crippen LogP contribution < -0.4 is 5.32 Å². The zero-order valence-electron chi connectivity index (χ0n) is 14.4. The van der Waals surface area contributed by atoms with E-state index in [4.69, 9.17) is 11.6 Å². The van der Waals surface area contributed by atoms with Crippen LogP contribution in [0.2, 0.25) is 5.02 Å². The number of piperazine rings is 1. The highest BCUT2D eigenvalue weighted by Crippen LogP contribution is 2.24. The normalized spacial score (nSPS) is 14.6. The predicted molar refractivity (Wildman–Crippen MR) is 105 cm³/mol. The Kier molecular flexibility index (Phi) is 5.00. The lowest BCUT2D eigenvalue weighted by molar-refractivity contribution is 0.0667. The van der Waals surface area contributed by atoms with E-state index in [1.54, 1.807) is 34.3 Å². The third kappa shape index (κ3) is 3.77. The quantitative estimate of drug-likeness (QED) is 0.705. The first-order valence-corrected chi connectivity index (χ1v) is 9.84. The number of carbonyl (C=O) groups excluding carboxylic acids is 2. The first kappa shape index (κ1) is 17.8. The zero-order chi connectivity index (χ0) is 18.8. The number of hydrogen-bond acceptors (Lipinski definition) is 4. The van der Waals surface area contributed by atoms with Crippen LogP contribution in [0.5, 0.6) is 0 Å². The molecule has 3 amide bonds. The van der Waals surface area contributed by atoms with E-state index >= 15 is 0 Å². The fourth-order valence-corrected chi connectivity index (χ4v) is 3.88. The van der Waals surface area contributed by atoms with Crippen molar-refractivity contribution in [1.29, 1.82) is 0 Å². The standard InChI is InChI=1S/C18H18ClN5O2S/c19-12-1-2-15-13(9-12)14(10-21-15)17(25)23-4-6-24(7-5-23)18(26)22-11-16-20-3-8-27-16/h1-3,8-10,21H,4-7,11H2,(H,22,26). The number of nitrogens with one attached hydrogen (secondary N) is 2. The lowest BCUT2D eigenvalue weighted by Gasteiger charge is -2.34. The minimum atomic E-state index is -0.129. The number of urea groups is 1. The maximum Gasteiger partial charge on any atom is 0.317 e. The highest BCUT2D eigenvalue weighted by molar-refractivity contribution is 7.09. The van der Waals surface area contributed by atoms with Crippen LogP contribution in [0.15, 0.2) is 36.0 Å². The van der Waals surface area contributed by atoms with E-state index in [1.807, 2.05) is 11.4 Å². The van der Waals surface area contributed by atoms with Crippen molar-refractivity contribution >= 4 is 45.8 Å². The maximum atomic E-state index is 12.9. The third-order valence-corrected chi connectivity index (χ3v) is 5.62. The largest absolute Gasteiger partial charge is 0.360 e. The molecule has 2 N–H and O–H groups in total. The molecule has 0 unspecified atom stereocenters. The lowest BCUT2D eigenvalue weighted by atomic mass is 10.1. The van der Waals surface area contributed by atoms with Gasteiger partial charge in [-0.1, -0.05) is 11.6 Å². The summed E-state index contributed by atoms with van der Waals surface area (Å²) in [7, 11) is 0. The molecule has 2 aromatic heterocycles. The van der Waals surface area contributed by atoms with Crippen molar-refractivity contribution in [3.8, 4) is 0 Å². The average molecular weight is 404 g/mol. The summed E-state index contributed by atoms with van der Waals surface area (Å²) >= 11 is 7.57. The number of aromatic nitrogens is 2. The number of carbonyl (C=O) groups is 2. The number of thiazole rings is 1. The topological polar surface area (TPSA) is 81.3 Å². The molecule has 9 heteroatoms. The van der Waals surface area contributed by atoms with Crippen LogP contribution in [0, 0.1) is 0 Å². The van der Waals surface area contributed by atoms with Gasteiger partial charge in [-0.15, -0.1) is 11.3 Å². The summed E-state index contributed by atoms with van der Waals surface area (Å²) < 4.78 is 0. The van der Waals surface area contributed by atoms with Crippen molar-refractivity contribution < 1.29 is 9.59 Å². The molecule has 0 radical (unpaired) electrons. The number of aromatic amines is 1. The minimum Gasteiger partial charge on any atom is -0.360 e. The second-order valence-corrected chi connectivity index (χ2v) is 7.67. The molecule has 0 bridgehead atoms. The molecule has 1 saturated heterocycles. The smallest absolute Gasteiger partial charge is 0.317 e. The molecular weight excluding hydrogens is 386 g/mol. The zero-order valence-corrected chi connectivity index (χ0v) is 16.0. The predicted octanol–water partition coefficient (Wildman–Crippen LogP) is 2.95. The molecular formula is C18H18ClN5O2S. The van der Waals surface area contributed by atoms with E-state index in [0.717, 1.165) is 15.9 Å². The highest BCUT2D eigenvalue weighted by atomic mass is 35.5. The number of nitrogens with zero attached hydrogens (tertiary/aromatic N) is 3. The first-order valence-electron chi connectivity index (χ1n) is 8.59. The van der Waals surface area contributed by atoms with Gasteiger partial charge in [0.15, 0.2) is 0 Å². The molecule has 1 fully saturated rings. The van der Waals surface area contributed by atoms with Gasteiger partial charge in [-0.3, -0.25) is 4.79 Å². The van der Waals surface area contributed by atoms with Crippen LogP contribution in [0.3, 0.4) is 0 Å². The number of fused-ring (bicyclic) bond motifs is 1. The molecule has 0 aliphatic carbocycles. The second-order valence-electron chi connectivity index (χ2n) is 6.26. The van der Waals surface area contributed by atoms with Gasteiger partial charge >= 0.3 is 6.03 Å². The van der Waals surface area contributed by atoms with Gasteiger partial charge in [0.1, 0.15) is 5.01 Å². The lowest BCUT2D eigenvalue weighted by Crippen LogP contribution is -2.53. The fourth-order valence-electron chi connectivity index (χ4n) is 3.16. The van der Waals surface area contributed by atoms with Gasteiger partial charge in [-0.05, 0) is 18.2 Å². The number of rotatable bonds is 3. The highest BCUT2D eigenvalue weighted by Gasteiger charge is 2.26. The van der Waals surface area contributed by atoms with Crippen LogP contribution in [0.1, 0.15) is 15.4 Å². The van der Waals surface area contributed by atoms with E-state index in [-0.39, 0.29) is 11.9 Å². The van der Waals surface area contributed by atoms with E-state index in [1.165, 1.54) is 11.3 Å². The number of H-pyrrole nitrogens is 1. The number of hydrogen-bond donors (Lipinski definition) is 2. The van der Waals surface area contributed by atoms with E-state index in [2.05, 4.69) is 15.3 Å². The Bertz CT molecular complexity index is 963. The second kappa shape index (κ2) is 7.58. The van der Waals surface area contributed by atoms with Crippen LogP contribution >= 0.6 is 22.9 Å². The monoisotopic (exact) mass is 403 g/mol. The summed E-state index contributed by atoms with van der Waals surface area (Å²) in [4.78, 5) is 35.9. The van der Waals surface area contributed by atoms with Crippen molar-refractivity contribution in [2.45, 2.75) is 6.54 Å². The number of benzene rings is 1. The molecule has 27 heavy (non-hydrogen) atoms. The Morgan fingerprint density at radius 1 is 1.22 bits per heavy atom. The molecule has 7 nitrogen and oxygen atoms in total. The molecule has 0 saturated carbocycles. The van der Waals surface area contributed by atoms with Gasteiger partial charge in [0.25, 0.3) is 5.91 Å². The number of halogens is 1. The van der Waals surface area contributed by atoms with E-state index in [9.17, 15) is 9.59 Å². The molecule has 140 valence electrons. The minimum absolute atomic E-state index is 0.0497. The van der Waals surface area contributed by atoms with E-state index < -0.39 is 0 Å². The molecule has 1 aliphatic heterocycles. The third-order valence-electron chi connectivity index (χ3n) is 4.60. The summed E-state index contributed by atoms with van der Waals surface area (Å²) in [6.45, 7) is 2.41. The number of amides is 3. The fraction of sp³-hybridized carbons (Fsp3) is 0.278. The van der Waals surface area contributed by atoms with Crippen molar-refractivity contribution in [2.75, 3.05) is 26.2 Å². The molecule has 3 aromatic rings. The summed E-state index contributed by atoms with van der Waals surface area (Å²) in [6.07, 6.45) is 3.44. The van der Waals surface area contributed by atoms with Gasteiger partial charge in [-0.2, -0.15) is 0 Å². The first-order chi connectivity index (χ1) is 13.1. The van der Waals surface area contributed by atoms with E-state index in [0.29, 0.717) is 43.3 Å². The van der Waals surface area contributed by atoms with Crippen LogP contribution in [0.25, 0.3) is 10.9 Å². The Labute approximate surface area is 164 Å². The van der Waals surface area contributed by atoms with Crippen LogP contribution in [-0.4, -0.2) is 57.9 Å². The average Bonchev–Trinajstić information content (AvgIpc) is 3.35. The van der Waals surface area contributed by atoms with Gasteiger partial charge in [0.2, 0.25) is 0 Å². The maximum absolute atomic E-state index is 12.9. The van der Waals surface area contributed by atoms with Crippen molar-refractivity contribution in [3.63, 3.8) is 0 Å². The molecule has 0 spiro atoms. The van der Waals surface area contributed by atoms with Crippen LogP contribution in [-0.2, 0) is 6.54 Å². The van der Waals surface area contributed by atoms with Gasteiger partial charge < -0.3 is 20.1 Å². The summed E-state index contributed by atoms with van der Waals surface area (Å²) in [5, 5.41) is 7.03. The molecule has 1 aliphatic rings. The Balaban J connectivity index is 1.36. The van der Waals surface area contributed by atoms with Gasteiger partial charge in [0, 0.05) is 59.9 Å².